The van der Waals surface area contributed by atoms with Crippen LogP contribution in [0.2, 0.25) is 0 Å². The van der Waals surface area contributed by atoms with Gasteiger partial charge in [0.05, 0.1) is 11.9 Å². The van der Waals surface area contributed by atoms with Crippen molar-refractivity contribution in [3.8, 4) is 17.0 Å². The lowest BCUT2D eigenvalue weighted by atomic mass is 10.1. The van der Waals surface area contributed by atoms with E-state index in [4.69, 9.17) is 5.73 Å². The van der Waals surface area contributed by atoms with Crippen LogP contribution in [0.15, 0.2) is 48.7 Å². The third kappa shape index (κ3) is 3.90. The lowest BCUT2D eigenvalue weighted by Gasteiger charge is -2.15. The molecule has 0 saturated carbocycles. The highest BCUT2D eigenvalue weighted by Crippen LogP contribution is 2.33. The van der Waals surface area contributed by atoms with Crippen molar-refractivity contribution in [1.29, 1.82) is 0 Å². The number of benzene rings is 2. The van der Waals surface area contributed by atoms with E-state index in [1.54, 1.807) is 12.3 Å². The van der Waals surface area contributed by atoms with E-state index in [0.717, 1.165) is 24.0 Å². The molecule has 1 amide bonds. The van der Waals surface area contributed by atoms with Crippen LogP contribution in [0.5, 0.6) is 5.75 Å². The number of amides is 1. The molecule has 4 rings (SSSR count). The molecule has 2 aromatic carbocycles. The zero-order chi connectivity index (χ0) is 20.4. The number of aromatic hydroxyl groups is 1. The van der Waals surface area contributed by atoms with Crippen molar-refractivity contribution < 1.29 is 9.90 Å². The van der Waals surface area contributed by atoms with Gasteiger partial charge in [-0.05, 0) is 47.7 Å². The van der Waals surface area contributed by atoms with Crippen LogP contribution >= 0.6 is 0 Å². The van der Waals surface area contributed by atoms with Gasteiger partial charge in [-0.15, -0.1) is 0 Å². The molecular formula is C22H23N5O2. The van der Waals surface area contributed by atoms with Crippen molar-refractivity contribution in [2.24, 2.45) is 0 Å². The number of nitrogen functional groups attached to an aromatic ring is 1. The van der Waals surface area contributed by atoms with Crippen LogP contribution in [0, 0.1) is 0 Å². The third-order valence-corrected chi connectivity index (χ3v) is 5.22. The lowest BCUT2D eigenvalue weighted by molar-refractivity contribution is 0.0959. The van der Waals surface area contributed by atoms with Gasteiger partial charge in [0.2, 0.25) is 0 Å². The number of carbonyl (C=O) groups excluding carboxylic acids is 1. The third-order valence-electron chi connectivity index (χ3n) is 5.22. The number of hydrogen-bond donors (Lipinski definition) is 4. The monoisotopic (exact) mass is 389 g/mol. The number of nitrogens with two attached hydrogens (primary N) is 1. The molecule has 1 aromatic heterocycles. The summed E-state index contributed by atoms with van der Waals surface area (Å²) in [5.41, 5.74) is 10.9. The van der Waals surface area contributed by atoms with Crippen molar-refractivity contribution in [3.05, 3.63) is 71.0 Å². The SMILES string of the molecule is CNC(=O)c1nc(-c2cccc(CNC3CCc4cc(O)ccc43)c2)cnc1N. The summed E-state index contributed by atoms with van der Waals surface area (Å²) in [4.78, 5) is 20.4. The molecule has 5 N–H and O–H groups in total. The van der Waals surface area contributed by atoms with Crippen molar-refractivity contribution in [1.82, 2.24) is 20.6 Å². The number of nitrogens with zero attached hydrogens (tertiary/aromatic N) is 2. The van der Waals surface area contributed by atoms with Gasteiger partial charge >= 0.3 is 0 Å². The molecule has 0 spiro atoms. The average Bonchev–Trinajstić information content (AvgIpc) is 3.14. The largest absolute Gasteiger partial charge is 0.508 e. The Hall–Kier alpha value is -3.45. The number of phenols is 1. The van der Waals surface area contributed by atoms with Crippen LogP contribution in [0.1, 0.15) is 39.6 Å². The molecule has 0 fully saturated rings. The minimum absolute atomic E-state index is 0.108. The van der Waals surface area contributed by atoms with Gasteiger partial charge in [0.25, 0.3) is 5.91 Å². The lowest BCUT2D eigenvalue weighted by Crippen LogP contribution is -2.21. The van der Waals surface area contributed by atoms with Gasteiger partial charge in [-0.2, -0.15) is 0 Å². The molecule has 1 atom stereocenters. The van der Waals surface area contributed by atoms with Gasteiger partial charge in [-0.1, -0.05) is 24.3 Å². The number of nitrogens with one attached hydrogen (secondary N) is 2. The molecule has 1 aliphatic carbocycles. The fourth-order valence-electron chi connectivity index (χ4n) is 3.72. The van der Waals surface area contributed by atoms with E-state index >= 15 is 0 Å². The summed E-state index contributed by atoms with van der Waals surface area (Å²) in [6, 6.07) is 13.8. The molecule has 7 nitrogen and oxygen atoms in total. The first-order valence-electron chi connectivity index (χ1n) is 9.54. The summed E-state index contributed by atoms with van der Waals surface area (Å²) in [6.07, 6.45) is 3.55. The maximum Gasteiger partial charge on any atom is 0.273 e. The van der Waals surface area contributed by atoms with Gasteiger partial charge in [0, 0.05) is 25.2 Å². The van der Waals surface area contributed by atoms with Crippen LogP contribution in [0.4, 0.5) is 5.82 Å². The number of fused-ring (bicyclic) bond motifs is 1. The van der Waals surface area contributed by atoms with Crippen molar-refractivity contribution in [2.45, 2.75) is 25.4 Å². The normalized spacial score (nSPS) is 15.1. The van der Waals surface area contributed by atoms with Crippen molar-refractivity contribution in [2.75, 3.05) is 12.8 Å². The Balaban J connectivity index is 1.51. The van der Waals surface area contributed by atoms with E-state index < -0.39 is 0 Å². The summed E-state index contributed by atoms with van der Waals surface area (Å²) < 4.78 is 0. The highest BCUT2D eigenvalue weighted by molar-refractivity contribution is 5.96. The molecule has 29 heavy (non-hydrogen) atoms. The van der Waals surface area contributed by atoms with Crippen LogP contribution in [-0.4, -0.2) is 28.0 Å². The minimum Gasteiger partial charge on any atom is -0.508 e. The first-order chi connectivity index (χ1) is 14.0. The Morgan fingerprint density at radius 1 is 1.28 bits per heavy atom. The second kappa shape index (κ2) is 7.89. The molecule has 1 unspecified atom stereocenters. The summed E-state index contributed by atoms with van der Waals surface area (Å²) in [5.74, 6) is 0.0651. The second-order valence-electron chi connectivity index (χ2n) is 7.12. The maximum atomic E-state index is 11.9. The first kappa shape index (κ1) is 18.9. The highest BCUT2D eigenvalue weighted by Gasteiger charge is 2.22. The van der Waals surface area contributed by atoms with E-state index in [0.29, 0.717) is 18.0 Å². The summed E-state index contributed by atoms with van der Waals surface area (Å²) in [7, 11) is 1.53. The van der Waals surface area contributed by atoms with E-state index in [1.165, 1.54) is 18.2 Å². The number of hydrogen-bond acceptors (Lipinski definition) is 6. The molecule has 7 heteroatoms. The van der Waals surface area contributed by atoms with Gasteiger partial charge in [0.1, 0.15) is 5.75 Å². The zero-order valence-corrected chi connectivity index (χ0v) is 16.1. The molecule has 3 aromatic rings. The number of aromatic nitrogens is 2. The van der Waals surface area contributed by atoms with E-state index in [9.17, 15) is 9.90 Å². The molecule has 0 saturated heterocycles. The summed E-state index contributed by atoms with van der Waals surface area (Å²) in [5, 5.41) is 15.8. The Labute approximate surface area is 169 Å². The number of aryl methyl sites for hydroxylation is 1. The number of rotatable bonds is 5. The molecule has 0 radical (unpaired) electrons. The smallest absolute Gasteiger partial charge is 0.273 e. The van der Waals surface area contributed by atoms with E-state index in [-0.39, 0.29) is 23.5 Å². The molecule has 1 heterocycles. The number of carbonyl (C=O) groups is 1. The number of phenolic OH excluding ortho intramolecular Hbond substituents is 1. The molecule has 1 aliphatic rings. The molecule has 0 aliphatic heterocycles. The van der Waals surface area contributed by atoms with Crippen molar-refractivity contribution in [3.63, 3.8) is 0 Å². The summed E-state index contributed by atoms with van der Waals surface area (Å²) >= 11 is 0. The predicted molar refractivity (Wildman–Crippen MR) is 111 cm³/mol. The van der Waals surface area contributed by atoms with E-state index in [2.05, 4.69) is 20.6 Å². The number of anilines is 1. The van der Waals surface area contributed by atoms with Gasteiger partial charge in [0.15, 0.2) is 11.5 Å². The molecule has 0 bridgehead atoms. The van der Waals surface area contributed by atoms with Crippen LogP contribution < -0.4 is 16.4 Å². The molecular weight excluding hydrogens is 366 g/mol. The van der Waals surface area contributed by atoms with E-state index in [1.807, 2.05) is 36.4 Å². The first-order valence-corrected chi connectivity index (χ1v) is 9.54. The Bertz CT molecular complexity index is 1070. The fourth-order valence-corrected chi connectivity index (χ4v) is 3.72. The van der Waals surface area contributed by atoms with Crippen LogP contribution in [-0.2, 0) is 13.0 Å². The van der Waals surface area contributed by atoms with Gasteiger partial charge < -0.3 is 21.5 Å². The predicted octanol–water partition coefficient (Wildman–Crippen LogP) is 2.57. The van der Waals surface area contributed by atoms with Crippen molar-refractivity contribution >= 4 is 11.7 Å². The topological polar surface area (TPSA) is 113 Å². The Morgan fingerprint density at radius 2 is 2.14 bits per heavy atom. The second-order valence-corrected chi connectivity index (χ2v) is 7.12. The van der Waals surface area contributed by atoms with Crippen LogP contribution in [0.25, 0.3) is 11.3 Å². The molecule has 148 valence electrons. The zero-order valence-electron chi connectivity index (χ0n) is 16.1. The van der Waals surface area contributed by atoms with Gasteiger partial charge in [-0.25, -0.2) is 9.97 Å². The standard InChI is InChI=1S/C22H23N5O2/c1-24-22(29)20-21(23)26-12-19(27-20)15-4-2-3-13(9-15)11-25-18-8-5-14-10-16(28)6-7-17(14)18/h2-4,6-7,9-10,12,18,25,28H,5,8,11H2,1H3,(H2,23,26)(H,24,29). The Morgan fingerprint density at radius 3 is 2.97 bits per heavy atom. The summed E-state index contributed by atoms with van der Waals surface area (Å²) in [6.45, 7) is 0.698. The average molecular weight is 389 g/mol. The minimum atomic E-state index is -0.361. The fraction of sp³-hybridized carbons (Fsp3) is 0.227. The van der Waals surface area contributed by atoms with Crippen LogP contribution in [0.3, 0.4) is 0 Å². The quantitative estimate of drug-likeness (QED) is 0.533. The Kier molecular flexibility index (Phi) is 5.14. The maximum absolute atomic E-state index is 11.9. The van der Waals surface area contributed by atoms with Gasteiger partial charge in [-0.3, -0.25) is 4.79 Å². The highest BCUT2D eigenvalue weighted by atomic mass is 16.3.